The van der Waals surface area contributed by atoms with Crippen molar-refractivity contribution in [3.63, 3.8) is 0 Å². The Kier molecular flexibility index (Phi) is 11.2. The molecular weight excluding hydrogens is 534 g/mol. The van der Waals surface area contributed by atoms with E-state index in [1.54, 1.807) is 0 Å². The van der Waals surface area contributed by atoms with Crippen LogP contribution in [0.2, 0.25) is 0 Å². The summed E-state index contributed by atoms with van der Waals surface area (Å²) in [6.07, 6.45) is 18.6. The molecule has 1 aromatic heterocycles. The lowest BCUT2D eigenvalue weighted by Gasteiger charge is -2.23. The summed E-state index contributed by atoms with van der Waals surface area (Å²) in [4.78, 5) is 15.8. The van der Waals surface area contributed by atoms with Crippen molar-refractivity contribution in [3.8, 4) is 0 Å². The second-order valence-corrected chi connectivity index (χ2v) is 13.9. The molecule has 234 valence electrons. The zero-order valence-electron chi connectivity index (χ0n) is 28.4. The van der Waals surface area contributed by atoms with Crippen molar-refractivity contribution < 1.29 is 0 Å². The molecule has 0 amide bonds. The van der Waals surface area contributed by atoms with E-state index in [9.17, 15) is 0 Å². The first-order valence-corrected chi connectivity index (χ1v) is 17.6. The second-order valence-electron chi connectivity index (χ2n) is 13.9. The molecule has 0 aliphatic heterocycles. The van der Waals surface area contributed by atoms with Crippen molar-refractivity contribution in [1.82, 2.24) is 4.98 Å². The Morgan fingerprint density at radius 1 is 0.545 bits per heavy atom. The molecule has 2 aliphatic carbocycles. The molecule has 0 radical (unpaired) electrons. The van der Waals surface area contributed by atoms with E-state index in [2.05, 4.69) is 84.0 Å². The number of aliphatic imine (C=N–C) groups is 2. The number of aromatic nitrogens is 1. The Hall–Kier alpha value is -3.07. The first-order valence-electron chi connectivity index (χ1n) is 17.6. The van der Waals surface area contributed by atoms with Gasteiger partial charge in [-0.15, -0.1) is 0 Å². The lowest BCUT2D eigenvalue weighted by molar-refractivity contribution is 0.456. The molecule has 5 rings (SSSR count). The van der Waals surface area contributed by atoms with Crippen molar-refractivity contribution >= 4 is 22.8 Å². The summed E-state index contributed by atoms with van der Waals surface area (Å²) in [7, 11) is 0. The topological polar surface area (TPSA) is 37.6 Å². The zero-order chi connectivity index (χ0) is 31.1. The average Bonchev–Trinajstić information content (AvgIpc) is 2.95. The maximum Gasteiger partial charge on any atom is 0.0849 e. The smallest absolute Gasteiger partial charge is 0.0849 e. The van der Waals surface area contributed by atoms with Crippen LogP contribution in [0.25, 0.3) is 0 Å². The molecule has 1 heterocycles. The van der Waals surface area contributed by atoms with E-state index in [1.165, 1.54) is 123 Å². The second kappa shape index (κ2) is 15.3. The third-order valence-electron chi connectivity index (χ3n) is 10.1. The van der Waals surface area contributed by atoms with Crippen LogP contribution < -0.4 is 0 Å². The minimum Gasteiger partial charge on any atom is -0.251 e. The molecule has 2 aromatic carbocycles. The van der Waals surface area contributed by atoms with Crippen LogP contribution in [0.3, 0.4) is 0 Å². The maximum absolute atomic E-state index is 5.31. The molecule has 2 fully saturated rings. The van der Waals surface area contributed by atoms with Gasteiger partial charge in [0.25, 0.3) is 0 Å². The Labute approximate surface area is 267 Å². The standard InChI is InChI=1S/C41H55N3/c1-28-24-30(3)40(36(26-28)34-18-13-9-7-10-14-19-34)42-32(5)38-22-17-23-39(44-38)33(6)43-41-31(4)25-29(2)27-37(41)35-20-15-11-8-12-16-21-35/h17,22-27,34-35H,7-16,18-21H2,1-6H3. The molecule has 0 bridgehead atoms. The van der Waals surface area contributed by atoms with Gasteiger partial charge in [-0.3, -0.25) is 9.98 Å². The molecular formula is C41H55N3. The predicted molar refractivity (Wildman–Crippen MR) is 190 cm³/mol. The summed E-state index contributed by atoms with van der Waals surface area (Å²) < 4.78 is 0. The quantitative estimate of drug-likeness (QED) is 0.263. The van der Waals surface area contributed by atoms with Crippen LogP contribution in [0.1, 0.15) is 160 Å². The normalized spacial score (nSPS) is 18.4. The van der Waals surface area contributed by atoms with Crippen LogP contribution in [-0.4, -0.2) is 16.4 Å². The van der Waals surface area contributed by atoms with E-state index < -0.39 is 0 Å². The van der Waals surface area contributed by atoms with E-state index in [1.807, 2.05) is 0 Å². The Morgan fingerprint density at radius 2 is 0.909 bits per heavy atom. The number of benzene rings is 2. The monoisotopic (exact) mass is 589 g/mol. The van der Waals surface area contributed by atoms with Gasteiger partial charge in [-0.25, -0.2) is 4.98 Å². The Balaban J connectivity index is 1.47. The molecule has 2 saturated carbocycles. The van der Waals surface area contributed by atoms with Gasteiger partial charge >= 0.3 is 0 Å². The van der Waals surface area contributed by atoms with Gasteiger partial charge in [0, 0.05) is 0 Å². The number of rotatable bonds is 6. The lowest BCUT2D eigenvalue weighted by atomic mass is 9.83. The number of aryl methyl sites for hydroxylation is 4. The van der Waals surface area contributed by atoms with Gasteiger partial charge in [-0.1, -0.05) is 106 Å². The van der Waals surface area contributed by atoms with Gasteiger partial charge < -0.3 is 0 Å². The zero-order valence-corrected chi connectivity index (χ0v) is 28.4. The lowest BCUT2D eigenvalue weighted by Crippen LogP contribution is -2.08. The molecule has 0 unspecified atom stereocenters. The minimum absolute atomic E-state index is 0.596. The van der Waals surface area contributed by atoms with E-state index in [4.69, 9.17) is 15.0 Å². The van der Waals surface area contributed by atoms with Crippen molar-refractivity contribution in [3.05, 3.63) is 87.2 Å². The van der Waals surface area contributed by atoms with Crippen molar-refractivity contribution in [2.24, 2.45) is 9.98 Å². The van der Waals surface area contributed by atoms with Crippen molar-refractivity contribution in [2.75, 3.05) is 0 Å². The largest absolute Gasteiger partial charge is 0.251 e. The summed E-state index contributed by atoms with van der Waals surface area (Å²) in [5, 5.41) is 0. The Morgan fingerprint density at radius 3 is 1.30 bits per heavy atom. The highest BCUT2D eigenvalue weighted by Crippen LogP contribution is 2.40. The predicted octanol–water partition coefficient (Wildman–Crippen LogP) is 12.3. The third-order valence-corrected chi connectivity index (χ3v) is 10.1. The maximum atomic E-state index is 5.31. The van der Waals surface area contributed by atoms with E-state index in [-0.39, 0.29) is 0 Å². The molecule has 0 spiro atoms. The average molecular weight is 590 g/mol. The summed E-state index contributed by atoms with van der Waals surface area (Å²) in [6.45, 7) is 13.2. The molecule has 2 aliphatic rings. The highest BCUT2D eigenvalue weighted by Gasteiger charge is 2.21. The highest BCUT2D eigenvalue weighted by molar-refractivity contribution is 6.02. The van der Waals surface area contributed by atoms with E-state index in [0.29, 0.717) is 11.8 Å². The summed E-state index contributed by atoms with van der Waals surface area (Å²) in [5.74, 6) is 1.19. The third kappa shape index (κ3) is 8.14. The van der Waals surface area contributed by atoms with E-state index >= 15 is 0 Å². The number of nitrogens with zero attached hydrogens (tertiary/aromatic N) is 3. The number of pyridine rings is 1. The van der Waals surface area contributed by atoms with Gasteiger partial charge in [0.05, 0.1) is 34.2 Å². The molecule has 44 heavy (non-hydrogen) atoms. The highest BCUT2D eigenvalue weighted by atomic mass is 14.8. The van der Waals surface area contributed by atoms with Gasteiger partial charge in [0.1, 0.15) is 0 Å². The van der Waals surface area contributed by atoms with Gasteiger partial charge in [0.15, 0.2) is 0 Å². The number of hydrogen-bond acceptors (Lipinski definition) is 3. The molecule has 3 nitrogen and oxygen atoms in total. The first kappa shape index (κ1) is 32.3. The molecule has 0 atom stereocenters. The molecule has 3 aromatic rings. The molecule has 3 heteroatoms. The molecule has 0 N–H and O–H groups in total. The van der Waals surface area contributed by atoms with Crippen molar-refractivity contribution in [1.29, 1.82) is 0 Å². The minimum atomic E-state index is 0.596. The fraction of sp³-hybridized carbons (Fsp3) is 0.537. The summed E-state index contributed by atoms with van der Waals surface area (Å²) >= 11 is 0. The fourth-order valence-electron chi connectivity index (χ4n) is 7.74. The summed E-state index contributed by atoms with van der Waals surface area (Å²) in [5.41, 5.74) is 14.2. The van der Waals surface area contributed by atoms with Crippen LogP contribution in [0.5, 0.6) is 0 Å². The van der Waals surface area contributed by atoms with Crippen LogP contribution in [0, 0.1) is 27.7 Å². The van der Waals surface area contributed by atoms with E-state index in [0.717, 1.165) is 34.2 Å². The first-order chi connectivity index (χ1) is 21.3. The number of hydrogen-bond donors (Lipinski definition) is 0. The SMILES string of the molecule is CC(=Nc1c(C)cc(C)cc1C1CCCCCCC1)c1cccc(C(C)=Nc2c(C)cc(C)cc2C2CCCCCCC2)n1. The summed E-state index contributed by atoms with van der Waals surface area (Å²) in [6, 6.07) is 15.7. The van der Waals surface area contributed by atoms with Gasteiger partial charge in [0.2, 0.25) is 0 Å². The van der Waals surface area contributed by atoms with Gasteiger partial charge in [-0.05, 0) is 113 Å². The Bertz CT molecular complexity index is 1370. The van der Waals surface area contributed by atoms with Crippen LogP contribution in [0.4, 0.5) is 11.4 Å². The van der Waals surface area contributed by atoms with Crippen molar-refractivity contribution in [2.45, 2.75) is 143 Å². The van der Waals surface area contributed by atoms with Crippen LogP contribution in [-0.2, 0) is 0 Å². The van der Waals surface area contributed by atoms with Gasteiger partial charge in [-0.2, -0.15) is 0 Å². The van der Waals surface area contributed by atoms with Crippen LogP contribution in [0.15, 0.2) is 52.4 Å². The van der Waals surface area contributed by atoms with Crippen LogP contribution >= 0.6 is 0 Å². The fourth-order valence-corrected chi connectivity index (χ4v) is 7.74. The molecule has 0 saturated heterocycles.